The molecule has 0 saturated heterocycles. The Kier molecular flexibility index (Phi) is 10.2. The van der Waals surface area contributed by atoms with Crippen LogP contribution in [0.3, 0.4) is 0 Å². The first kappa shape index (κ1) is 22.4. The third-order valence-electron chi connectivity index (χ3n) is 3.64. The maximum absolute atomic E-state index is 6.20. The summed E-state index contributed by atoms with van der Waals surface area (Å²) in [6.45, 7) is 3.86. The first-order chi connectivity index (χ1) is 12.2. The first-order valence-corrected chi connectivity index (χ1v) is 8.52. The molecule has 0 aliphatic carbocycles. The smallest absolute Gasteiger partial charge is 0.191 e. The highest BCUT2D eigenvalue weighted by molar-refractivity contribution is 14.0. The molecule has 7 heteroatoms. The summed E-state index contributed by atoms with van der Waals surface area (Å²) in [5.74, 6) is 2.12. The molecule has 0 amide bonds. The number of nitrogens with zero attached hydrogens (tertiary/aromatic N) is 1. The van der Waals surface area contributed by atoms with Gasteiger partial charge in [-0.3, -0.25) is 0 Å². The van der Waals surface area contributed by atoms with Gasteiger partial charge in [0.15, 0.2) is 17.5 Å². The third-order valence-corrected chi connectivity index (χ3v) is 4.01. The fraction of sp³-hybridized carbons (Fsp3) is 0.316. The van der Waals surface area contributed by atoms with Crippen LogP contribution in [0.25, 0.3) is 0 Å². The lowest BCUT2D eigenvalue weighted by Crippen LogP contribution is -2.36. The zero-order chi connectivity index (χ0) is 18.1. The van der Waals surface area contributed by atoms with Crippen LogP contribution in [0, 0.1) is 0 Å². The van der Waals surface area contributed by atoms with Crippen molar-refractivity contribution in [3.05, 3.63) is 58.6 Å². The summed E-state index contributed by atoms with van der Waals surface area (Å²) in [5, 5.41) is 7.27. The molecule has 0 saturated carbocycles. The Morgan fingerprint density at radius 1 is 1.00 bits per heavy atom. The number of benzene rings is 2. The van der Waals surface area contributed by atoms with Crippen molar-refractivity contribution in [2.24, 2.45) is 4.99 Å². The summed E-state index contributed by atoms with van der Waals surface area (Å²) < 4.78 is 10.8. The lowest BCUT2D eigenvalue weighted by molar-refractivity contribution is 0.352. The largest absolute Gasteiger partial charge is 0.493 e. The minimum atomic E-state index is 0. The van der Waals surface area contributed by atoms with Gasteiger partial charge in [-0.25, -0.2) is 4.99 Å². The van der Waals surface area contributed by atoms with E-state index in [0.29, 0.717) is 30.5 Å². The van der Waals surface area contributed by atoms with Gasteiger partial charge in [-0.1, -0.05) is 41.9 Å². The Hall–Kier alpha value is -1.67. The minimum absolute atomic E-state index is 0. The second-order valence-corrected chi connectivity index (χ2v) is 5.70. The average molecular weight is 490 g/mol. The van der Waals surface area contributed by atoms with E-state index in [9.17, 15) is 0 Å². The van der Waals surface area contributed by atoms with Gasteiger partial charge in [-0.05, 0) is 24.6 Å². The molecule has 5 nitrogen and oxygen atoms in total. The van der Waals surface area contributed by atoms with Crippen LogP contribution in [-0.4, -0.2) is 26.7 Å². The average Bonchev–Trinajstić information content (AvgIpc) is 2.64. The van der Waals surface area contributed by atoms with E-state index in [1.54, 1.807) is 14.2 Å². The molecule has 2 aromatic carbocycles. The molecule has 0 atom stereocenters. The fourth-order valence-corrected chi connectivity index (χ4v) is 2.61. The fourth-order valence-electron chi connectivity index (χ4n) is 2.40. The van der Waals surface area contributed by atoms with Crippen LogP contribution < -0.4 is 20.1 Å². The number of hydrogen-bond donors (Lipinski definition) is 2. The van der Waals surface area contributed by atoms with Gasteiger partial charge in [-0.15, -0.1) is 24.0 Å². The second kappa shape index (κ2) is 11.9. The lowest BCUT2D eigenvalue weighted by atomic mass is 10.2. The van der Waals surface area contributed by atoms with E-state index in [0.717, 1.165) is 22.7 Å². The van der Waals surface area contributed by atoms with Crippen LogP contribution in [0.1, 0.15) is 18.1 Å². The molecule has 0 aliphatic rings. The van der Waals surface area contributed by atoms with Gasteiger partial charge in [0, 0.05) is 23.7 Å². The van der Waals surface area contributed by atoms with Crippen molar-refractivity contribution in [1.29, 1.82) is 0 Å². The van der Waals surface area contributed by atoms with Gasteiger partial charge < -0.3 is 20.1 Å². The molecule has 0 spiro atoms. The van der Waals surface area contributed by atoms with E-state index in [2.05, 4.69) is 15.6 Å². The quantitative estimate of drug-likeness (QED) is 0.347. The molecule has 26 heavy (non-hydrogen) atoms. The highest BCUT2D eigenvalue weighted by Crippen LogP contribution is 2.31. The molecule has 0 radical (unpaired) electrons. The number of ether oxygens (including phenoxy) is 2. The van der Waals surface area contributed by atoms with Crippen molar-refractivity contribution in [2.45, 2.75) is 20.0 Å². The minimum Gasteiger partial charge on any atom is -0.493 e. The monoisotopic (exact) mass is 489 g/mol. The van der Waals surface area contributed by atoms with Gasteiger partial charge in [-0.2, -0.15) is 0 Å². The van der Waals surface area contributed by atoms with E-state index in [1.165, 1.54) is 0 Å². The first-order valence-electron chi connectivity index (χ1n) is 8.15. The molecule has 0 unspecified atom stereocenters. The molecule has 0 bridgehead atoms. The number of halogens is 2. The molecule has 2 rings (SSSR count). The maximum Gasteiger partial charge on any atom is 0.191 e. The normalized spacial score (nSPS) is 10.7. The third kappa shape index (κ3) is 6.25. The lowest BCUT2D eigenvalue weighted by Gasteiger charge is -2.14. The molecule has 0 fully saturated rings. The van der Waals surface area contributed by atoms with Crippen molar-refractivity contribution in [2.75, 3.05) is 20.8 Å². The van der Waals surface area contributed by atoms with E-state index in [1.807, 2.05) is 49.4 Å². The molecule has 0 aromatic heterocycles. The van der Waals surface area contributed by atoms with Crippen molar-refractivity contribution >= 4 is 41.5 Å². The summed E-state index contributed by atoms with van der Waals surface area (Å²) in [5.41, 5.74) is 1.98. The summed E-state index contributed by atoms with van der Waals surface area (Å²) >= 11 is 6.20. The molecule has 0 aliphatic heterocycles. The number of para-hydroxylation sites is 1. The zero-order valence-corrected chi connectivity index (χ0v) is 18.3. The molecule has 0 heterocycles. The summed E-state index contributed by atoms with van der Waals surface area (Å²) in [4.78, 5) is 4.63. The molecular weight excluding hydrogens is 465 g/mol. The zero-order valence-electron chi connectivity index (χ0n) is 15.2. The number of guanidine groups is 1. The SMILES string of the molecule is CCNC(=NCc1cccc(OC)c1OC)NCc1ccccc1Cl.I. The Labute approximate surface area is 177 Å². The van der Waals surface area contributed by atoms with Crippen molar-refractivity contribution < 1.29 is 9.47 Å². The van der Waals surface area contributed by atoms with Gasteiger partial charge in [0.05, 0.1) is 20.8 Å². The van der Waals surface area contributed by atoms with E-state index >= 15 is 0 Å². The second-order valence-electron chi connectivity index (χ2n) is 5.29. The van der Waals surface area contributed by atoms with Crippen molar-refractivity contribution in [1.82, 2.24) is 10.6 Å². The predicted molar refractivity (Wildman–Crippen MR) is 118 cm³/mol. The Morgan fingerprint density at radius 2 is 1.73 bits per heavy atom. The summed E-state index contributed by atoms with van der Waals surface area (Å²) in [6, 6.07) is 13.5. The molecular formula is C19H25ClIN3O2. The van der Waals surface area contributed by atoms with Crippen LogP contribution in [0.4, 0.5) is 0 Å². The van der Waals surface area contributed by atoms with E-state index < -0.39 is 0 Å². The number of nitrogens with one attached hydrogen (secondary N) is 2. The van der Waals surface area contributed by atoms with Crippen LogP contribution in [0.2, 0.25) is 5.02 Å². The van der Waals surface area contributed by atoms with Gasteiger partial charge in [0.25, 0.3) is 0 Å². The Morgan fingerprint density at radius 3 is 2.38 bits per heavy atom. The highest BCUT2D eigenvalue weighted by Gasteiger charge is 2.09. The maximum atomic E-state index is 6.20. The molecule has 142 valence electrons. The van der Waals surface area contributed by atoms with Crippen LogP contribution in [-0.2, 0) is 13.1 Å². The van der Waals surface area contributed by atoms with Gasteiger partial charge in [0.2, 0.25) is 0 Å². The van der Waals surface area contributed by atoms with Crippen molar-refractivity contribution in [3.8, 4) is 11.5 Å². The number of rotatable bonds is 7. The van der Waals surface area contributed by atoms with Crippen LogP contribution in [0.15, 0.2) is 47.5 Å². The van der Waals surface area contributed by atoms with Crippen LogP contribution in [0.5, 0.6) is 11.5 Å². The van der Waals surface area contributed by atoms with Gasteiger partial charge in [0.1, 0.15) is 0 Å². The molecule has 2 aromatic rings. The van der Waals surface area contributed by atoms with E-state index in [-0.39, 0.29) is 24.0 Å². The number of methoxy groups -OCH3 is 2. The highest BCUT2D eigenvalue weighted by atomic mass is 127. The Bertz CT molecular complexity index is 726. The van der Waals surface area contributed by atoms with Crippen molar-refractivity contribution in [3.63, 3.8) is 0 Å². The predicted octanol–water partition coefficient (Wildman–Crippen LogP) is 4.23. The van der Waals surface area contributed by atoms with Crippen LogP contribution >= 0.6 is 35.6 Å². The summed E-state index contributed by atoms with van der Waals surface area (Å²) in [7, 11) is 3.26. The van der Waals surface area contributed by atoms with Gasteiger partial charge >= 0.3 is 0 Å². The summed E-state index contributed by atoms with van der Waals surface area (Å²) in [6.07, 6.45) is 0. The Balaban J connectivity index is 0.00000338. The number of aliphatic imine (C=N–C) groups is 1. The van der Waals surface area contributed by atoms with E-state index in [4.69, 9.17) is 21.1 Å². The topological polar surface area (TPSA) is 54.9 Å². The molecule has 2 N–H and O–H groups in total. The number of hydrogen-bond acceptors (Lipinski definition) is 3. The standard InChI is InChI=1S/C19H24ClN3O2.HI/c1-4-21-19(22-12-14-8-5-6-10-16(14)20)23-13-15-9-7-11-17(24-2)18(15)25-3;/h5-11H,4,12-13H2,1-3H3,(H2,21,22,23);1H.